The molecule has 4 unspecified atom stereocenters. The minimum Gasteiger partial charge on any atom is -0.355 e. The molecule has 16 bridgehead atoms. The summed E-state index contributed by atoms with van der Waals surface area (Å²) in [5.74, 6) is 2.09. The Labute approximate surface area is 254 Å². The summed E-state index contributed by atoms with van der Waals surface area (Å²) in [6.07, 6.45) is 19.1. The Morgan fingerprint density at radius 1 is 0.455 bits per heavy atom. The lowest BCUT2D eigenvalue weighted by molar-refractivity contribution is 0.679. The van der Waals surface area contributed by atoms with Crippen LogP contribution < -0.4 is 0 Å². The normalized spacial score (nSPS) is 28.5. The van der Waals surface area contributed by atoms with Crippen LogP contribution in [0.3, 0.4) is 0 Å². The molecule has 2 N–H and O–H groups in total. The lowest BCUT2D eigenvalue weighted by atomic mass is 9.69. The van der Waals surface area contributed by atoms with Crippen molar-refractivity contribution >= 4 is 44.4 Å². The number of nitrogens with zero attached hydrogens (tertiary/aromatic N) is 2. The van der Waals surface area contributed by atoms with E-state index >= 15 is 0 Å². The van der Waals surface area contributed by atoms with Crippen LogP contribution in [0.15, 0.2) is 70.9 Å². The fourth-order valence-corrected chi connectivity index (χ4v) is 10.5. The minimum absolute atomic E-state index is 0.516. The highest BCUT2D eigenvalue weighted by Gasteiger charge is 2.40. The molecule has 3 aromatic rings. The zero-order valence-electron chi connectivity index (χ0n) is 24.5. The van der Waals surface area contributed by atoms with Crippen molar-refractivity contribution in [2.45, 2.75) is 63.2 Å². The molecule has 4 atom stereocenters. The molecule has 0 spiro atoms. The standard InChI is InChI=1S/C40H30N4/c1-17-2-21(1)37-25(9-17)29-14-34-39-23-5-19(6-23)11-27(39)31(43-34)16-36-40-24-7-20(8-24)12-28(40)32(44-36)15-35-38-22-3-18(4-22)10-26(38)30(42-35)13-33(37)41-29/h1,3,5,7,13-16,21-24,41,44H,2,4,6,8-12H2. The molecule has 3 aromatic heterocycles. The first-order valence-corrected chi connectivity index (χ1v) is 16.7. The third-order valence-electron chi connectivity index (χ3n) is 12.6. The second-order valence-corrected chi connectivity index (χ2v) is 15.1. The molecular weight excluding hydrogens is 536 g/mol. The Morgan fingerprint density at radius 3 is 1.30 bits per heavy atom. The fraction of sp³-hybridized carbons (Fsp3) is 0.300. The third-order valence-corrected chi connectivity index (χ3v) is 12.6. The predicted molar refractivity (Wildman–Crippen MR) is 175 cm³/mol. The summed E-state index contributed by atoms with van der Waals surface area (Å²) in [5, 5.41) is 0. The van der Waals surface area contributed by atoms with Crippen LogP contribution in [0.2, 0.25) is 0 Å². The summed E-state index contributed by atoms with van der Waals surface area (Å²) in [7, 11) is 0. The van der Waals surface area contributed by atoms with E-state index < -0.39 is 0 Å². The van der Waals surface area contributed by atoms with Gasteiger partial charge in [-0.2, -0.15) is 0 Å². The van der Waals surface area contributed by atoms with Crippen molar-refractivity contribution in [1.82, 2.24) is 19.9 Å². The van der Waals surface area contributed by atoms with Gasteiger partial charge in [0.1, 0.15) is 0 Å². The van der Waals surface area contributed by atoms with Crippen molar-refractivity contribution in [2.75, 3.05) is 0 Å². The van der Waals surface area contributed by atoms with Crippen LogP contribution in [0.5, 0.6) is 0 Å². The maximum absolute atomic E-state index is 5.47. The fourth-order valence-electron chi connectivity index (χ4n) is 10.5. The van der Waals surface area contributed by atoms with E-state index in [0.29, 0.717) is 23.7 Å². The highest BCUT2D eigenvalue weighted by Crippen LogP contribution is 2.56. The van der Waals surface area contributed by atoms with E-state index in [1.165, 1.54) is 115 Å². The zero-order valence-corrected chi connectivity index (χ0v) is 24.5. The van der Waals surface area contributed by atoms with Gasteiger partial charge >= 0.3 is 0 Å². The Balaban J connectivity index is 1.18. The predicted octanol–water partition coefficient (Wildman–Crippen LogP) is 8.78. The first-order chi connectivity index (χ1) is 21.7. The maximum atomic E-state index is 5.47. The number of aromatic amines is 2. The molecule has 5 heterocycles. The molecule has 14 aliphatic rings. The molecule has 12 aliphatic carbocycles. The molecule has 17 rings (SSSR count). The van der Waals surface area contributed by atoms with E-state index in [1.807, 2.05) is 0 Å². The molecule has 0 saturated heterocycles. The number of H-pyrrole nitrogens is 2. The van der Waals surface area contributed by atoms with Gasteiger partial charge in [-0.3, -0.25) is 0 Å². The molecular formula is C40H30N4. The number of aromatic nitrogens is 4. The molecule has 0 aromatic carbocycles. The Hall–Kier alpha value is -4.44. The van der Waals surface area contributed by atoms with Crippen molar-refractivity contribution in [2.24, 2.45) is 11.8 Å². The molecule has 4 heteroatoms. The highest BCUT2D eigenvalue weighted by molar-refractivity contribution is 6.01. The number of hydrogen-bond acceptors (Lipinski definition) is 2. The summed E-state index contributed by atoms with van der Waals surface area (Å²) >= 11 is 0. The monoisotopic (exact) mass is 566 g/mol. The minimum atomic E-state index is 0.516. The third kappa shape index (κ3) is 2.58. The summed E-state index contributed by atoms with van der Waals surface area (Å²) in [4.78, 5) is 18.9. The van der Waals surface area contributed by atoms with E-state index in [1.54, 1.807) is 22.3 Å². The summed E-state index contributed by atoms with van der Waals surface area (Å²) in [6, 6.07) is 9.63. The lowest BCUT2D eigenvalue weighted by Crippen LogP contribution is -2.18. The van der Waals surface area contributed by atoms with Crippen LogP contribution in [0.25, 0.3) is 44.4 Å². The van der Waals surface area contributed by atoms with Crippen LogP contribution >= 0.6 is 0 Å². The van der Waals surface area contributed by atoms with Crippen molar-refractivity contribution in [3.8, 4) is 0 Å². The quantitative estimate of drug-likeness (QED) is 0.267. The van der Waals surface area contributed by atoms with Gasteiger partial charge in [-0.25, -0.2) is 9.97 Å². The van der Waals surface area contributed by atoms with E-state index in [9.17, 15) is 0 Å². The van der Waals surface area contributed by atoms with Gasteiger partial charge in [-0.05, 0) is 120 Å². The molecule has 0 fully saturated rings. The van der Waals surface area contributed by atoms with Gasteiger partial charge < -0.3 is 9.97 Å². The first-order valence-electron chi connectivity index (χ1n) is 16.7. The van der Waals surface area contributed by atoms with Crippen molar-refractivity contribution in [3.63, 3.8) is 0 Å². The summed E-state index contributed by atoms with van der Waals surface area (Å²) in [6.45, 7) is 0. The molecule has 210 valence electrons. The van der Waals surface area contributed by atoms with Crippen LogP contribution in [-0.2, 0) is 12.8 Å². The molecule has 2 aliphatic heterocycles. The van der Waals surface area contributed by atoms with E-state index in [4.69, 9.17) is 9.97 Å². The van der Waals surface area contributed by atoms with E-state index in [-0.39, 0.29) is 0 Å². The molecule has 0 saturated carbocycles. The van der Waals surface area contributed by atoms with Crippen molar-refractivity contribution in [3.05, 3.63) is 116 Å². The molecule has 0 amide bonds. The maximum Gasteiger partial charge on any atom is 0.0699 e. The number of rotatable bonds is 0. The topological polar surface area (TPSA) is 57.4 Å². The SMILES string of the molecule is C1=C2CC3=C(c4cc5[nH]c(cc6nc(cc7[nH]c(cc3n4)c3c7CC4=CC3C4)C3=C6CC4=CC3C4)c3c5CC4=CC3C4)C1C2. The van der Waals surface area contributed by atoms with Crippen LogP contribution in [0, 0.1) is 11.8 Å². The number of allylic oxidation sites excluding steroid dienone is 12. The second kappa shape index (κ2) is 7.10. The number of nitrogens with one attached hydrogen (secondary N) is 2. The number of hydrogen-bond donors (Lipinski definition) is 2. The number of fused-ring (bicyclic) bond motifs is 8. The lowest BCUT2D eigenvalue weighted by Gasteiger charge is -2.34. The average molecular weight is 567 g/mol. The van der Waals surface area contributed by atoms with Gasteiger partial charge in [0.05, 0.1) is 22.8 Å². The van der Waals surface area contributed by atoms with Gasteiger partial charge in [-0.15, -0.1) is 0 Å². The zero-order chi connectivity index (χ0) is 28.0. The van der Waals surface area contributed by atoms with Gasteiger partial charge in [0.25, 0.3) is 0 Å². The Morgan fingerprint density at radius 2 is 0.841 bits per heavy atom. The largest absolute Gasteiger partial charge is 0.355 e. The summed E-state index contributed by atoms with van der Waals surface area (Å²) < 4.78 is 0. The van der Waals surface area contributed by atoms with Crippen molar-refractivity contribution in [1.29, 1.82) is 0 Å². The average Bonchev–Trinajstić information content (AvgIpc) is 3.71. The molecule has 44 heavy (non-hydrogen) atoms. The van der Waals surface area contributed by atoms with Crippen molar-refractivity contribution < 1.29 is 0 Å². The van der Waals surface area contributed by atoms with Gasteiger partial charge in [0, 0.05) is 45.7 Å². The second-order valence-electron chi connectivity index (χ2n) is 15.1. The van der Waals surface area contributed by atoms with Crippen LogP contribution in [-0.4, -0.2) is 19.9 Å². The molecule has 0 radical (unpaired) electrons. The van der Waals surface area contributed by atoms with Gasteiger partial charge in [0.15, 0.2) is 0 Å². The first kappa shape index (κ1) is 22.1. The Kier molecular flexibility index (Phi) is 3.57. The smallest absolute Gasteiger partial charge is 0.0699 e. The highest BCUT2D eigenvalue weighted by atomic mass is 14.8. The Bertz CT molecular complexity index is 2240. The van der Waals surface area contributed by atoms with Gasteiger partial charge in [0.2, 0.25) is 0 Å². The van der Waals surface area contributed by atoms with Crippen LogP contribution in [0.4, 0.5) is 0 Å². The molecule has 4 nitrogen and oxygen atoms in total. The summed E-state index contributed by atoms with van der Waals surface area (Å²) in [5.41, 5.74) is 28.0. The van der Waals surface area contributed by atoms with Gasteiger partial charge in [-0.1, -0.05) is 46.6 Å². The van der Waals surface area contributed by atoms with E-state index in [2.05, 4.69) is 58.5 Å². The van der Waals surface area contributed by atoms with Crippen LogP contribution in [0.1, 0.15) is 95.4 Å². The van der Waals surface area contributed by atoms with E-state index in [0.717, 1.165) is 25.7 Å².